The van der Waals surface area contributed by atoms with E-state index in [1.807, 2.05) is 24.3 Å². The van der Waals surface area contributed by atoms with Crippen LogP contribution < -0.4 is 4.74 Å². The van der Waals surface area contributed by atoms with Crippen molar-refractivity contribution in [1.29, 1.82) is 0 Å². The van der Waals surface area contributed by atoms with Crippen LogP contribution in [0.1, 0.15) is 33.7 Å². The molecule has 3 rings (SSSR count). The number of hydrogen-bond donors (Lipinski definition) is 2. The van der Waals surface area contributed by atoms with Crippen molar-refractivity contribution in [2.75, 3.05) is 20.3 Å². The molecule has 1 amide bonds. The van der Waals surface area contributed by atoms with Crippen LogP contribution in [0.2, 0.25) is 0 Å². The molecule has 0 atom stereocenters. The molecule has 0 unspecified atom stereocenters. The number of aryl methyl sites for hydroxylation is 1. The van der Waals surface area contributed by atoms with Crippen molar-refractivity contribution in [3.05, 3.63) is 46.8 Å². The van der Waals surface area contributed by atoms with Gasteiger partial charge in [-0.15, -0.1) is 0 Å². The molecular weight excluding hydrogens is 294 g/mol. The number of nitrogens with zero attached hydrogens (tertiary/aromatic N) is 2. The molecule has 6 heteroatoms. The van der Waals surface area contributed by atoms with Crippen LogP contribution in [0.5, 0.6) is 5.75 Å². The van der Waals surface area contributed by atoms with Crippen LogP contribution in [0.3, 0.4) is 0 Å². The zero-order chi connectivity index (χ0) is 16.2. The minimum Gasteiger partial charge on any atom is -0.496 e. The lowest BCUT2D eigenvalue weighted by Crippen LogP contribution is -2.34. The van der Waals surface area contributed by atoms with Crippen molar-refractivity contribution in [1.82, 2.24) is 15.1 Å². The molecule has 1 aromatic carbocycles. The molecule has 0 radical (unpaired) electrons. The van der Waals surface area contributed by atoms with Gasteiger partial charge in [0.05, 0.1) is 13.7 Å². The van der Waals surface area contributed by atoms with E-state index in [1.165, 1.54) is 0 Å². The number of methoxy groups -OCH3 is 1. The van der Waals surface area contributed by atoms with E-state index in [0.717, 1.165) is 41.8 Å². The SMILES string of the molecule is COc1ccccc1CN(CCO)C(=O)c1n[nH]c2c1CCC2. The molecule has 0 saturated carbocycles. The second kappa shape index (κ2) is 6.83. The maximum Gasteiger partial charge on any atom is 0.275 e. The summed E-state index contributed by atoms with van der Waals surface area (Å²) in [7, 11) is 1.61. The Labute approximate surface area is 135 Å². The highest BCUT2D eigenvalue weighted by Crippen LogP contribution is 2.25. The van der Waals surface area contributed by atoms with E-state index in [9.17, 15) is 9.90 Å². The molecule has 0 aliphatic heterocycles. The van der Waals surface area contributed by atoms with Crippen LogP contribution in [-0.2, 0) is 19.4 Å². The van der Waals surface area contributed by atoms with Gasteiger partial charge in [0.15, 0.2) is 5.69 Å². The Balaban J connectivity index is 1.84. The maximum atomic E-state index is 12.9. The van der Waals surface area contributed by atoms with E-state index in [2.05, 4.69) is 10.2 Å². The van der Waals surface area contributed by atoms with Crippen LogP contribution >= 0.6 is 0 Å². The van der Waals surface area contributed by atoms with Gasteiger partial charge in [-0.25, -0.2) is 0 Å². The summed E-state index contributed by atoms with van der Waals surface area (Å²) in [6.45, 7) is 0.553. The van der Waals surface area contributed by atoms with Gasteiger partial charge in [-0.05, 0) is 25.3 Å². The number of carbonyl (C=O) groups excluding carboxylic acids is 1. The molecule has 2 N–H and O–H groups in total. The summed E-state index contributed by atoms with van der Waals surface area (Å²) in [5.41, 5.74) is 3.48. The van der Waals surface area contributed by atoms with Crippen molar-refractivity contribution in [2.24, 2.45) is 0 Å². The van der Waals surface area contributed by atoms with E-state index in [-0.39, 0.29) is 19.1 Å². The minimum atomic E-state index is -0.149. The zero-order valence-corrected chi connectivity index (χ0v) is 13.2. The first-order valence-corrected chi connectivity index (χ1v) is 7.82. The number of aromatic amines is 1. The van der Waals surface area contributed by atoms with Gasteiger partial charge in [0.2, 0.25) is 0 Å². The van der Waals surface area contributed by atoms with Crippen molar-refractivity contribution in [3.63, 3.8) is 0 Å². The summed E-state index contributed by atoms with van der Waals surface area (Å²) in [5, 5.41) is 16.5. The number of H-pyrrole nitrogens is 1. The highest BCUT2D eigenvalue weighted by atomic mass is 16.5. The molecule has 6 nitrogen and oxygen atoms in total. The third-order valence-corrected chi connectivity index (χ3v) is 4.22. The van der Waals surface area contributed by atoms with Gasteiger partial charge in [-0.2, -0.15) is 5.10 Å². The van der Waals surface area contributed by atoms with Crippen molar-refractivity contribution in [3.8, 4) is 5.75 Å². The summed E-state index contributed by atoms with van der Waals surface area (Å²) in [6, 6.07) is 7.58. The molecule has 0 bridgehead atoms. The maximum absolute atomic E-state index is 12.9. The van der Waals surface area contributed by atoms with Gasteiger partial charge in [0, 0.05) is 29.9 Å². The summed E-state index contributed by atoms with van der Waals surface area (Å²) < 4.78 is 5.35. The number of aromatic nitrogens is 2. The predicted molar refractivity (Wildman–Crippen MR) is 85.4 cm³/mol. The lowest BCUT2D eigenvalue weighted by molar-refractivity contribution is 0.0699. The fourth-order valence-electron chi connectivity index (χ4n) is 3.06. The van der Waals surface area contributed by atoms with Gasteiger partial charge < -0.3 is 14.7 Å². The van der Waals surface area contributed by atoms with Crippen LogP contribution in [0, 0.1) is 0 Å². The number of aliphatic hydroxyl groups is 1. The smallest absolute Gasteiger partial charge is 0.275 e. The van der Waals surface area contributed by atoms with Crippen molar-refractivity contribution in [2.45, 2.75) is 25.8 Å². The fraction of sp³-hybridized carbons (Fsp3) is 0.412. The number of benzene rings is 1. The number of nitrogens with one attached hydrogen (secondary N) is 1. The van der Waals surface area contributed by atoms with E-state index in [1.54, 1.807) is 12.0 Å². The summed E-state index contributed by atoms with van der Waals surface area (Å²) in [5.74, 6) is 0.583. The first-order chi connectivity index (χ1) is 11.2. The molecule has 1 aromatic heterocycles. The van der Waals surface area contributed by atoms with Crippen molar-refractivity contribution < 1.29 is 14.6 Å². The van der Waals surface area contributed by atoms with Gasteiger partial charge >= 0.3 is 0 Å². The molecule has 2 aromatic rings. The Kier molecular flexibility index (Phi) is 4.62. The van der Waals surface area contributed by atoms with E-state index in [0.29, 0.717) is 12.2 Å². The lowest BCUT2D eigenvalue weighted by atomic mass is 10.1. The molecule has 0 spiro atoms. The van der Waals surface area contributed by atoms with E-state index in [4.69, 9.17) is 4.74 Å². The number of hydrogen-bond acceptors (Lipinski definition) is 4. The zero-order valence-electron chi connectivity index (χ0n) is 13.2. The third kappa shape index (κ3) is 3.07. The summed E-state index contributed by atoms with van der Waals surface area (Å²) in [4.78, 5) is 14.5. The number of para-hydroxylation sites is 1. The van der Waals surface area contributed by atoms with Gasteiger partial charge in [0.1, 0.15) is 5.75 Å². The lowest BCUT2D eigenvalue weighted by Gasteiger charge is -2.22. The van der Waals surface area contributed by atoms with Gasteiger partial charge in [-0.1, -0.05) is 18.2 Å². The average molecular weight is 315 g/mol. The number of rotatable bonds is 6. The van der Waals surface area contributed by atoms with E-state index >= 15 is 0 Å². The monoisotopic (exact) mass is 315 g/mol. The quantitative estimate of drug-likeness (QED) is 0.847. The van der Waals surface area contributed by atoms with Gasteiger partial charge in [0.25, 0.3) is 5.91 Å². The topological polar surface area (TPSA) is 78.5 Å². The summed E-state index contributed by atoms with van der Waals surface area (Å²) >= 11 is 0. The third-order valence-electron chi connectivity index (χ3n) is 4.22. The normalized spacial score (nSPS) is 13.0. The highest BCUT2D eigenvalue weighted by Gasteiger charge is 2.26. The number of aliphatic hydroxyl groups excluding tert-OH is 1. The largest absolute Gasteiger partial charge is 0.496 e. The van der Waals surface area contributed by atoms with Crippen molar-refractivity contribution >= 4 is 5.91 Å². The van der Waals surface area contributed by atoms with Crippen LogP contribution in [-0.4, -0.2) is 46.4 Å². The van der Waals surface area contributed by atoms with E-state index < -0.39 is 0 Å². The molecular formula is C17H21N3O3. The first-order valence-electron chi connectivity index (χ1n) is 7.82. The molecule has 1 aliphatic carbocycles. The standard InChI is InChI=1S/C17H21N3O3/c1-23-15-8-3-2-5-12(15)11-20(9-10-21)17(22)16-13-6-4-7-14(13)18-19-16/h2-3,5,8,21H,4,6-7,9-11H2,1H3,(H,18,19). The first kappa shape index (κ1) is 15.6. The molecule has 23 heavy (non-hydrogen) atoms. The fourth-order valence-corrected chi connectivity index (χ4v) is 3.06. The highest BCUT2D eigenvalue weighted by molar-refractivity contribution is 5.94. The Morgan fingerprint density at radius 3 is 3.00 bits per heavy atom. The average Bonchev–Trinajstić information content (AvgIpc) is 3.17. The Bertz CT molecular complexity index is 696. The van der Waals surface area contributed by atoms with Gasteiger partial charge in [-0.3, -0.25) is 9.89 Å². The second-order valence-electron chi connectivity index (χ2n) is 5.65. The van der Waals surface area contributed by atoms with Crippen LogP contribution in [0.15, 0.2) is 24.3 Å². The number of carbonyl (C=O) groups is 1. The Morgan fingerprint density at radius 1 is 1.39 bits per heavy atom. The van der Waals surface area contributed by atoms with Crippen LogP contribution in [0.4, 0.5) is 0 Å². The Morgan fingerprint density at radius 2 is 2.22 bits per heavy atom. The molecule has 0 fully saturated rings. The molecule has 0 saturated heterocycles. The molecule has 1 aliphatic rings. The number of fused-ring (bicyclic) bond motifs is 1. The molecule has 1 heterocycles. The minimum absolute atomic E-state index is 0.0898. The number of amides is 1. The number of ether oxygens (including phenoxy) is 1. The summed E-state index contributed by atoms with van der Waals surface area (Å²) in [6.07, 6.45) is 2.88. The Hall–Kier alpha value is -2.34. The second-order valence-corrected chi connectivity index (χ2v) is 5.65. The van der Waals surface area contributed by atoms with Crippen LogP contribution in [0.25, 0.3) is 0 Å². The molecule has 122 valence electrons. The predicted octanol–water partition coefficient (Wildman–Crippen LogP) is 1.54.